The lowest BCUT2D eigenvalue weighted by molar-refractivity contribution is 0.676. The normalized spacial score (nSPS) is 11.1. The minimum Gasteiger partial charge on any atom is -0.347 e. The van der Waals surface area contributed by atoms with Gasteiger partial charge in [0.1, 0.15) is 0 Å². The number of aryl methyl sites for hydroxylation is 1. The summed E-state index contributed by atoms with van der Waals surface area (Å²) in [5.41, 5.74) is 3.91. The molecule has 0 spiro atoms. The van der Waals surface area contributed by atoms with Crippen LogP contribution in [0.5, 0.6) is 0 Å². The van der Waals surface area contributed by atoms with E-state index in [4.69, 9.17) is 0 Å². The van der Waals surface area contributed by atoms with Gasteiger partial charge in [-0.1, -0.05) is 31.2 Å². The van der Waals surface area contributed by atoms with Crippen LogP contribution in [0.25, 0.3) is 10.9 Å². The van der Waals surface area contributed by atoms with Crippen molar-refractivity contribution in [3.05, 3.63) is 66.1 Å². The molecule has 0 aliphatic carbocycles. The van der Waals surface area contributed by atoms with E-state index in [0.717, 1.165) is 26.1 Å². The second kappa shape index (κ2) is 6.55. The molecular formula is C18H21N3. The summed E-state index contributed by atoms with van der Waals surface area (Å²) in [5.74, 6) is 0. The lowest BCUT2D eigenvalue weighted by Gasteiger charge is -2.03. The Balaban J connectivity index is 1.74. The number of benzene rings is 1. The maximum Gasteiger partial charge on any atom is 0.0483 e. The zero-order valence-corrected chi connectivity index (χ0v) is 12.4. The molecule has 0 amide bonds. The molecule has 0 unspecified atom stereocenters. The first-order chi connectivity index (χ1) is 10.4. The number of fused-ring (bicyclic) bond motifs is 1. The van der Waals surface area contributed by atoms with E-state index in [0.29, 0.717) is 0 Å². The van der Waals surface area contributed by atoms with Gasteiger partial charge in [0.05, 0.1) is 0 Å². The molecule has 3 heteroatoms. The molecule has 1 aromatic carbocycles. The summed E-state index contributed by atoms with van der Waals surface area (Å²) in [5, 5.41) is 4.86. The van der Waals surface area contributed by atoms with E-state index >= 15 is 0 Å². The van der Waals surface area contributed by atoms with Gasteiger partial charge in [0.25, 0.3) is 0 Å². The molecule has 3 aromatic rings. The summed E-state index contributed by atoms with van der Waals surface area (Å²) < 4.78 is 2.36. The molecule has 2 aromatic heterocycles. The molecule has 0 bridgehead atoms. The lowest BCUT2D eigenvalue weighted by atomic mass is 10.2. The first kappa shape index (κ1) is 13.8. The van der Waals surface area contributed by atoms with Crippen molar-refractivity contribution in [2.24, 2.45) is 0 Å². The van der Waals surface area contributed by atoms with Crippen molar-refractivity contribution in [2.45, 2.75) is 33.0 Å². The fourth-order valence-corrected chi connectivity index (χ4v) is 2.73. The minimum atomic E-state index is 0.848. The summed E-state index contributed by atoms with van der Waals surface area (Å²) in [4.78, 5) is 4.14. The molecule has 108 valence electrons. The molecule has 0 aliphatic rings. The van der Waals surface area contributed by atoms with Crippen LogP contribution in [0, 0.1) is 0 Å². The van der Waals surface area contributed by atoms with Crippen LogP contribution in [0.3, 0.4) is 0 Å². The van der Waals surface area contributed by atoms with E-state index in [1.807, 2.05) is 18.5 Å². The molecule has 1 N–H and O–H groups in total. The number of hydrogen-bond donors (Lipinski definition) is 1. The summed E-state index contributed by atoms with van der Waals surface area (Å²) in [6, 6.07) is 12.7. The summed E-state index contributed by atoms with van der Waals surface area (Å²) >= 11 is 0. The topological polar surface area (TPSA) is 29.9 Å². The highest BCUT2D eigenvalue weighted by Gasteiger charge is 2.07. The van der Waals surface area contributed by atoms with E-state index in [-0.39, 0.29) is 0 Å². The molecule has 2 heterocycles. The highest BCUT2D eigenvalue weighted by atomic mass is 15.0. The zero-order chi connectivity index (χ0) is 14.5. The highest BCUT2D eigenvalue weighted by Crippen LogP contribution is 2.21. The molecule has 0 radical (unpaired) electrons. The first-order valence-electron chi connectivity index (χ1n) is 7.55. The Morgan fingerprint density at radius 1 is 1.10 bits per heavy atom. The Labute approximate surface area is 125 Å². The quantitative estimate of drug-likeness (QED) is 0.745. The van der Waals surface area contributed by atoms with Crippen molar-refractivity contribution in [2.75, 3.05) is 0 Å². The molecule has 3 nitrogen and oxygen atoms in total. The molecule has 0 aliphatic heterocycles. The summed E-state index contributed by atoms with van der Waals surface area (Å²) in [6.07, 6.45) is 7.15. The first-order valence-corrected chi connectivity index (χ1v) is 7.55. The van der Waals surface area contributed by atoms with Gasteiger partial charge in [-0.15, -0.1) is 0 Å². The fourth-order valence-electron chi connectivity index (χ4n) is 2.73. The van der Waals surface area contributed by atoms with Crippen LogP contribution in [0.2, 0.25) is 0 Å². The maximum absolute atomic E-state index is 4.14. The zero-order valence-electron chi connectivity index (χ0n) is 12.4. The van der Waals surface area contributed by atoms with Gasteiger partial charge in [-0.2, -0.15) is 0 Å². The molecule has 0 fully saturated rings. The third-order valence-corrected chi connectivity index (χ3v) is 3.70. The minimum absolute atomic E-state index is 0.848. The Morgan fingerprint density at radius 2 is 2.00 bits per heavy atom. The number of para-hydroxylation sites is 1. The van der Waals surface area contributed by atoms with Crippen molar-refractivity contribution >= 4 is 10.9 Å². The molecule has 3 rings (SSSR count). The van der Waals surface area contributed by atoms with Crippen molar-refractivity contribution in [1.82, 2.24) is 14.9 Å². The number of nitrogens with one attached hydrogen (secondary N) is 1. The van der Waals surface area contributed by atoms with Gasteiger partial charge >= 0.3 is 0 Å². The largest absolute Gasteiger partial charge is 0.347 e. The predicted molar refractivity (Wildman–Crippen MR) is 87.0 cm³/mol. The van der Waals surface area contributed by atoms with Gasteiger partial charge in [0, 0.05) is 49.1 Å². The summed E-state index contributed by atoms with van der Waals surface area (Å²) in [6.45, 7) is 5.02. The predicted octanol–water partition coefficient (Wildman–Crippen LogP) is 3.74. The Morgan fingerprint density at radius 3 is 2.81 bits per heavy atom. The van der Waals surface area contributed by atoms with Crippen molar-refractivity contribution in [3.63, 3.8) is 0 Å². The van der Waals surface area contributed by atoms with Crippen molar-refractivity contribution in [1.29, 1.82) is 0 Å². The number of hydrogen-bond acceptors (Lipinski definition) is 2. The summed E-state index contributed by atoms with van der Waals surface area (Å²) in [7, 11) is 0. The van der Waals surface area contributed by atoms with Crippen molar-refractivity contribution < 1.29 is 0 Å². The van der Waals surface area contributed by atoms with Crippen LogP contribution >= 0.6 is 0 Å². The van der Waals surface area contributed by atoms with Gasteiger partial charge in [0.15, 0.2) is 0 Å². The van der Waals surface area contributed by atoms with E-state index < -0.39 is 0 Å². The Hall–Kier alpha value is -2.13. The maximum atomic E-state index is 4.14. The molecule has 0 saturated carbocycles. The monoisotopic (exact) mass is 279 g/mol. The van der Waals surface area contributed by atoms with E-state index in [9.17, 15) is 0 Å². The average molecular weight is 279 g/mol. The van der Waals surface area contributed by atoms with E-state index in [2.05, 4.69) is 58.3 Å². The lowest BCUT2D eigenvalue weighted by Crippen LogP contribution is -2.12. The van der Waals surface area contributed by atoms with Crippen molar-refractivity contribution in [3.8, 4) is 0 Å². The Bertz CT molecular complexity index is 701. The Kier molecular flexibility index (Phi) is 4.31. The second-order valence-corrected chi connectivity index (χ2v) is 5.33. The van der Waals surface area contributed by atoms with Crippen LogP contribution in [-0.2, 0) is 19.6 Å². The number of rotatable bonds is 6. The SMILES string of the molecule is CCCn1cc(CNCc2cccnc2)c2ccccc21. The second-order valence-electron chi connectivity index (χ2n) is 5.33. The fraction of sp³-hybridized carbons (Fsp3) is 0.278. The van der Waals surface area contributed by atoms with Crippen LogP contribution in [0.15, 0.2) is 55.0 Å². The number of nitrogens with zero attached hydrogens (tertiary/aromatic N) is 2. The van der Waals surface area contributed by atoms with Crippen LogP contribution in [0.1, 0.15) is 24.5 Å². The van der Waals surface area contributed by atoms with Gasteiger partial charge in [-0.3, -0.25) is 4.98 Å². The molecule has 21 heavy (non-hydrogen) atoms. The van der Waals surface area contributed by atoms with Gasteiger partial charge < -0.3 is 9.88 Å². The molecule has 0 saturated heterocycles. The van der Waals surface area contributed by atoms with Gasteiger partial charge in [-0.25, -0.2) is 0 Å². The third-order valence-electron chi connectivity index (χ3n) is 3.70. The van der Waals surface area contributed by atoms with E-state index in [1.165, 1.54) is 22.0 Å². The highest BCUT2D eigenvalue weighted by molar-refractivity contribution is 5.83. The standard InChI is InChI=1S/C18H21N3/c1-2-10-21-14-16(17-7-3-4-8-18(17)21)13-20-12-15-6-5-9-19-11-15/h3-9,11,14,20H,2,10,12-13H2,1H3. The third kappa shape index (κ3) is 3.14. The van der Waals surface area contributed by atoms with Crippen LogP contribution in [-0.4, -0.2) is 9.55 Å². The van der Waals surface area contributed by atoms with Crippen LogP contribution < -0.4 is 5.32 Å². The van der Waals surface area contributed by atoms with Gasteiger partial charge in [-0.05, 0) is 29.7 Å². The number of aromatic nitrogens is 2. The number of pyridine rings is 1. The van der Waals surface area contributed by atoms with E-state index in [1.54, 1.807) is 0 Å². The molecular weight excluding hydrogens is 258 g/mol. The average Bonchev–Trinajstić information content (AvgIpc) is 2.87. The van der Waals surface area contributed by atoms with Gasteiger partial charge in [0.2, 0.25) is 0 Å². The van der Waals surface area contributed by atoms with Crippen LogP contribution in [0.4, 0.5) is 0 Å². The molecule has 0 atom stereocenters. The smallest absolute Gasteiger partial charge is 0.0483 e.